The number of halogens is 1. The maximum absolute atomic E-state index is 12.3. The average Bonchev–Trinajstić information content (AvgIpc) is 3.21. The van der Waals surface area contributed by atoms with Gasteiger partial charge in [-0.3, -0.25) is 9.59 Å². The first-order chi connectivity index (χ1) is 13.1. The molecule has 8 heteroatoms. The number of benzene rings is 2. The van der Waals surface area contributed by atoms with E-state index in [4.69, 9.17) is 0 Å². The maximum Gasteiger partial charge on any atom is 0.251 e. The Morgan fingerprint density at radius 3 is 2.59 bits per heavy atom. The lowest BCUT2D eigenvalue weighted by Gasteiger charge is -2.10. The molecule has 3 rings (SSSR count). The molecule has 0 saturated heterocycles. The van der Waals surface area contributed by atoms with Crippen LogP contribution < -0.4 is 10.6 Å². The second-order valence-corrected chi connectivity index (χ2v) is 6.44. The van der Waals surface area contributed by atoms with E-state index in [0.717, 1.165) is 10.0 Å². The second-order valence-electron chi connectivity index (χ2n) is 5.53. The number of hydrogen-bond acceptors (Lipinski definition) is 4. The lowest BCUT2D eigenvalue weighted by Crippen LogP contribution is -2.17. The van der Waals surface area contributed by atoms with Crippen molar-refractivity contribution in [3.63, 3.8) is 0 Å². The van der Waals surface area contributed by atoms with Crippen molar-refractivity contribution >= 4 is 39.5 Å². The topological polar surface area (TPSA) is 88.9 Å². The van der Waals surface area contributed by atoms with E-state index < -0.39 is 0 Å². The summed E-state index contributed by atoms with van der Waals surface area (Å²) in [5.41, 5.74) is 2.67. The molecule has 0 fully saturated rings. The van der Waals surface area contributed by atoms with Crippen molar-refractivity contribution in [3.05, 3.63) is 76.8 Å². The molecule has 0 atom stereocenters. The molecule has 7 nitrogen and oxygen atoms in total. The van der Waals surface area contributed by atoms with Crippen molar-refractivity contribution in [3.8, 4) is 5.69 Å². The Morgan fingerprint density at radius 2 is 1.93 bits per heavy atom. The zero-order chi connectivity index (χ0) is 19.2. The van der Waals surface area contributed by atoms with Crippen LogP contribution in [0, 0.1) is 0 Å². The molecule has 1 aromatic heterocycles. The molecule has 1 heterocycles. The minimum absolute atomic E-state index is 0.154. The average molecular weight is 426 g/mol. The van der Waals surface area contributed by atoms with Crippen LogP contribution in [0.3, 0.4) is 0 Å². The lowest BCUT2D eigenvalue weighted by atomic mass is 10.1. The Morgan fingerprint density at radius 1 is 1.15 bits per heavy atom. The molecule has 0 unspecified atom stereocenters. The number of aromatic nitrogens is 3. The molecule has 2 N–H and O–H groups in total. The number of anilines is 1. The van der Waals surface area contributed by atoms with E-state index in [9.17, 15) is 9.59 Å². The normalized spacial score (nSPS) is 10.7. The molecule has 136 valence electrons. The van der Waals surface area contributed by atoms with Gasteiger partial charge < -0.3 is 10.6 Å². The predicted octanol–water partition coefficient (Wildman–Crippen LogP) is 3.04. The van der Waals surface area contributed by atoms with E-state index >= 15 is 0 Å². The molecule has 0 aliphatic heterocycles. The number of hydrogen-bond donors (Lipinski definition) is 2. The van der Waals surface area contributed by atoms with Crippen LogP contribution in [-0.4, -0.2) is 33.6 Å². The van der Waals surface area contributed by atoms with Crippen LogP contribution in [0.1, 0.15) is 15.9 Å². The zero-order valence-electron chi connectivity index (χ0n) is 14.4. The second kappa shape index (κ2) is 8.41. The lowest BCUT2D eigenvalue weighted by molar-refractivity contribution is -0.111. The van der Waals surface area contributed by atoms with Crippen LogP contribution in [0.25, 0.3) is 11.8 Å². The molecule has 2 amide bonds. The monoisotopic (exact) mass is 425 g/mol. The summed E-state index contributed by atoms with van der Waals surface area (Å²) in [6, 6.07) is 12.4. The highest BCUT2D eigenvalue weighted by Crippen LogP contribution is 2.24. The van der Waals surface area contributed by atoms with Crippen LogP contribution in [0.15, 0.2) is 65.7 Å². The van der Waals surface area contributed by atoms with Gasteiger partial charge in [0.15, 0.2) is 0 Å². The van der Waals surface area contributed by atoms with Crippen LogP contribution >= 0.6 is 15.9 Å². The highest BCUT2D eigenvalue weighted by atomic mass is 79.9. The number of carbonyl (C=O) groups is 2. The van der Waals surface area contributed by atoms with E-state index in [1.54, 1.807) is 54.5 Å². The summed E-state index contributed by atoms with van der Waals surface area (Å²) in [5, 5.41) is 9.50. The Balaban J connectivity index is 1.73. The van der Waals surface area contributed by atoms with Gasteiger partial charge in [0.05, 0.1) is 11.4 Å². The zero-order valence-corrected chi connectivity index (χ0v) is 16.0. The third-order valence-electron chi connectivity index (χ3n) is 3.71. The van der Waals surface area contributed by atoms with Gasteiger partial charge in [-0.15, -0.1) is 0 Å². The minimum Gasteiger partial charge on any atom is -0.355 e. The highest BCUT2D eigenvalue weighted by molar-refractivity contribution is 9.10. The first kappa shape index (κ1) is 18.5. The molecule has 27 heavy (non-hydrogen) atoms. The largest absolute Gasteiger partial charge is 0.355 e. The van der Waals surface area contributed by atoms with Gasteiger partial charge in [-0.05, 0) is 42.0 Å². The summed E-state index contributed by atoms with van der Waals surface area (Å²) in [6.45, 7) is 0. The Hall–Kier alpha value is -3.26. The fourth-order valence-corrected chi connectivity index (χ4v) is 2.74. The van der Waals surface area contributed by atoms with Gasteiger partial charge in [0.2, 0.25) is 5.91 Å². The van der Waals surface area contributed by atoms with Crippen molar-refractivity contribution in [2.24, 2.45) is 0 Å². The molecule has 0 bridgehead atoms. The van der Waals surface area contributed by atoms with Crippen molar-refractivity contribution < 1.29 is 9.59 Å². The van der Waals surface area contributed by atoms with Gasteiger partial charge in [-0.2, -0.15) is 5.10 Å². The highest BCUT2D eigenvalue weighted by Gasteiger charge is 2.08. The fraction of sp³-hybridized carbons (Fsp3) is 0.0526. The van der Waals surface area contributed by atoms with Crippen LogP contribution in [-0.2, 0) is 4.79 Å². The molecule has 3 aromatic rings. The Kier molecular flexibility index (Phi) is 5.77. The van der Waals surface area contributed by atoms with E-state index in [0.29, 0.717) is 16.9 Å². The quantitative estimate of drug-likeness (QED) is 0.614. The standard InChI is InChI=1S/C19H16BrN5O2/c1-21-19(27)14-5-2-13(3-6-14)4-9-18(26)24-16-10-15(20)7-8-17(16)25-12-22-11-23-25/h2-12H,1H3,(H,21,27)(H,24,26)/b9-4+. The number of rotatable bonds is 5. The molecule has 0 radical (unpaired) electrons. The van der Waals surface area contributed by atoms with Crippen molar-refractivity contribution in [2.75, 3.05) is 12.4 Å². The van der Waals surface area contributed by atoms with E-state index in [1.165, 1.54) is 12.4 Å². The van der Waals surface area contributed by atoms with Gasteiger partial charge in [-0.25, -0.2) is 9.67 Å². The summed E-state index contributed by atoms with van der Waals surface area (Å²) in [4.78, 5) is 27.8. The fourth-order valence-electron chi connectivity index (χ4n) is 2.38. The van der Waals surface area contributed by atoms with Crippen molar-refractivity contribution in [2.45, 2.75) is 0 Å². The molecule has 0 aliphatic rings. The summed E-state index contributed by atoms with van der Waals surface area (Å²) < 4.78 is 2.40. The SMILES string of the molecule is CNC(=O)c1ccc(/C=C/C(=O)Nc2cc(Br)ccc2-n2cncn2)cc1. The third kappa shape index (κ3) is 4.68. The van der Waals surface area contributed by atoms with E-state index in [2.05, 4.69) is 36.6 Å². The molecule has 0 spiro atoms. The summed E-state index contributed by atoms with van der Waals surface area (Å²) in [6.07, 6.45) is 6.09. The number of nitrogens with zero attached hydrogens (tertiary/aromatic N) is 3. The maximum atomic E-state index is 12.3. The van der Waals surface area contributed by atoms with E-state index in [1.807, 2.05) is 12.1 Å². The summed E-state index contributed by atoms with van der Waals surface area (Å²) >= 11 is 3.40. The van der Waals surface area contributed by atoms with Crippen molar-refractivity contribution in [1.82, 2.24) is 20.1 Å². The first-order valence-corrected chi connectivity index (χ1v) is 8.82. The minimum atomic E-state index is -0.287. The molecule has 2 aromatic carbocycles. The predicted molar refractivity (Wildman–Crippen MR) is 107 cm³/mol. The molecule has 0 aliphatic carbocycles. The smallest absolute Gasteiger partial charge is 0.251 e. The number of nitrogens with one attached hydrogen (secondary N) is 2. The van der Waals surface area contributed by atoms with Gasteiger partial charge in [0, 0.05) is 23.2 Å². The summed E-state index contributed by atoms with van der Waals surface area (Å²) in [7, 11) is 1.58. The Labute approximate surface area is 164 Å². The van der Waals surface area contributed by atoms with Gasteiger partial charge in [0.25, 0.3) is 5.91 Å². The van der Waals surface area contributed by atoms with Gasteiger partial charge in [0.1, 0.15) is 12.7 Å². The number of amides is 2. The van der Waals surface area contributed by atoms with Crippen LogP contribution in [0.5, 0.6) is 0 Å². The molecule has 0 saturated carbocycles. The summed E-state index contributed by atoms with van der Waals surface area (Å²) in [5.74, 6) is -0.441. The Bertz CT molecular complexity index is 982. The molecular formula is C19H16BrN5O2. The number of carbonyl (C=O) groups excluding carboxylic acids is 2. The molecular weight excluding hydrogens is 410 g/mol. The first-order valence-electron chi connectivity index (χ1n) is 8.02. The van der Waals surface area contributed by atoms with E-state index in [-0.39, 0.29) is 11.8 Å². The van der Waals surface area contributed by atoms with Crippen LogP contribution in [0.4, 0.5) is 5.69 Å². The van der Waals surface area contributed by atoms with Crippen molar-refractivity contribution in [1.29, 1.82) is 0 Å². The third-order valence-corrected chi connectivity index (χ3v) is 4.20. The van der Waals surface area contributed by atoms with Crippen LogP contribution in [0.2, 0.25) is 0 Å². The van der Waals surface area contributed by atoms with Gasteiger partial charge >= 0.3 is 0 Å². The van der Waals surface area contributed by atoms with Gasteiger partial charge in [-0.1, -0.05) is 28.1 Å².